The van der Waals surface area contributed by atoms with E-state index in [9.17, 15) is 9.18 Å². The topological polar surface area (TPSA) is 71.0 Å². The minimum absolute atomic E-state index is 0.0897. The van der Waals surface area contributed by atoms with Crippen LogP contribution in [0.4, 0.5) is 15.9 Å². The van der Waals surface area contributed by atoms with Crippen molar-refractivity contribution in [1.29, 1.82) is 0 Å². The maximum absolute atomic E-state index is 14.2. The molecule has 0 radical (unpaired) electrons. The van der Waals surface area contributed by atoms with Crippen molar-refractivity contribution in [2.24, 2.45) is 11.8 Å². The maximum Gasteiger partial charge on any atom is 0.229 e. The number of anilines is 2. The highest BCUT2D eigenvalue weighted by Gasteiger charge is 2.26. The molecule has 9 heteroatoms. The van der Waals surface area contributed by atoms with Crippen molar-refractivity contribution in [2.75, 3.05) is 62.3 Å². The molecule has 3 heterocycles. The zero-order valence-electron chi connectivity index (χ0n) is 21.0. The summed E-state index contributed by atoms with van der Waals surface area (Å²) in [7, 11) is 0. The van der Waals surface area contributed by atoms with E-state index in [1.54, 1.807) is 17.2 Å². The van der Waals surface area contributed by atoms with Crippen LogP contribution in [0.15, 0.2) is 30.7 Å². The largest absolute Gasteiger partial charge is 0.450 e. The van der Waals surface area contributed by atoms with Gasteiger partial charge in [0.05, 0.1) is 11.9 Å². The predicted molar refractivity (Wildman–Crippen MR) is 134 cm³/mol. The van der Waals surface area contributed by atoms with Crippen LogP contribution in [0.5, 0.6) is 11.5 Å². The fraction of sp³-hybridized carbons (Fsp3) is 0.577. The second kappa shape index (κ2) is 11.8. The van der Waals surface area contributed by atoms with Crippen molar-refractivity contribution in [2.45, 2.75) is 33.6 Å². The first-order valence-electron chi connectivity index (χ1n) is 12.6. The molecule has 190 valence electrons. The lowest BCUT2D eigenvalue weighted by Gasteiger charge is -2.38. The molecule has 1 amide bonds. The number of amides is 1. The lowest BCUT2D eigenvalue weighted by Crippen LogP contribution is -2.48. The summed E-state index contributed by atoms with van der Waals surface area (Å²) in [5, 5.41) is 0. The normalized spacial score (nSPS) is 17.6. The summed E-state index contributed by atoms with van der Waals surface area (Å²) in [6, 6.07) is 4.24. The van der Waals surface area contributed by atoms with E-state index in [1.165, 1.54) is 18.5 Å². The van der Waals surface area contributed by atoms with Gasteiger partial charge in [-0.25, -0.2) is 14.4 Å². The lowest BCUT2D eigenvalue weighted by atomic mass is 9.99. The van der Waals surface area contributed by atoms with E-state index >= 15 is 0 Å². The summed E-state index contributed by atoms with van der Waals surface area (Å²) in [6.45, 7) is 12.4. The van der Waals surface area contributed by atoms with Gasteiger partial charge in [-0.3, -0.25) is 9.69 Å². The molecule has 0 N–H and O–H groups in total. The molecule has 2 fully saturated rings. The van der Waals surface area contributed by atoms with Gasteiger partial charge in [0, 0.05) is 64.5 Å². The van der Waals surface area contributed by atoms with E-state index in [2.05, 4.69) is 19.8 Å². The smallest absolute Gasteiger partial charge is 0.229 e. The second-order valence-electron chi connectivity index (χ2n) is 9.51. The van der Waals surface area contributed by atoms with Crippen LogP contribution in [0.3, 0.4) is 0 Å². The molecule has 0 spiro atoms. The predicted octanol–water partition coefficient (Wildman–Crippen LogP) is 3.97. The highest BCUT2D eigenvalue weighted by Crippen LogP contribution is 2.37. The van der Waals surface area contributed by atoms with Crippen LogP contribution >= 0.6 is 0 Å². The molecule has 2 aliphatic heterocycles. The fourth-order valence-electron chi connectivity index (χ4n) is 4.72. The first kappa shape index (κ1) is 25.3. The number of piperazine rings is 1. The Balaban J connectivity index is 1.49. The number of benzene rings is 1. The summed E-state index contributed by atoms with van der Waals surface area (Å²) in [4.78, 5) is 27.7. The monoisotopic (exact) mass is 485 g/mol. The number of ether oxygens (including phenoxy) is 2. The van der Waals surface area contributed by atoms with Gasteiger partial charge in [-0.2, -0.15) is 0 Å². The number of carbonyl (C=O) groups excluding carboxylic acids is 1. The summed E-state index contributed by atoms with van der Waals surface area (Å²) >= 11 is 0. The molecule has 4 rings (SSSR count). The third-order valence-electron chi connectivity index (χ3n) is 6.70. The Kier molecular flexibility index (Phi) is 8.51. The average molecular weight is 486 g/mol. The standard InChI is InChI=1S/C26H36FN5O3/c1-4-32(26(33)19(2)3)22-15-21(27)5-6-23(22)35-24-16-28-18-29-25(24)31-11-9-30(10-12-31)17-20-7-13-34-14-8-20/h5-6,15-16,18-20H,4,7-14,17H2,1-3H3. The molecule has 1 aromatic heterocycles. The van der Waals surface area contributed by atoms with Gasteiger partial charge in [0.2, 0.25) is 5.91 Å². The van der Waals surface area contributed by atoms with Gasteiger partial charge in [0.25, 0.3) is 0 Å². The van der Waals surface area contributed by atoms with Crippen molar-refractivity contribution in [1.82, 2.24) is 14.9 Å². The summed E-state index contributed by atoms with van der Waals surface area (Å²) in [6.07, 6.45) is 5.42. The molecule has 8 nitrogen and oxygen atoms in total. The van der Waals surface area contributed by atoms with Crippen molar-refractivity contribution >= 4 is 17.4 Å². The summed E-state index contributed by atoms with van der Waals surface area (Å²) in [5.41, 5.74) is 0.405. The molecule has 0 aliphatic carbocycles. The Bertz CT molecular complexity index is 991. The number of rotatable bonds is 8. The number of nitrogens with zero attached hydrogens (tertiary/aromatic N) is 5. The lowest BCUT2D eigenvalue weighted by molar-refractivity contribution is -0.121. The van der Waals surface area contributed by atoms with Crippen LogP contribution in [0.1, 0.15) is 33.6 Å². The van der Waals surface area contributed by atoms with Crippen LogP contribution in [-0.4, -0.2) is 73.3 Å². The quantitative estimate of drug-likeness (QED) is 0.560. The number of halogens is 1. The molecular formula is C26H36FN5O3. The van der Waals surface area contributed by atoms with Gasteiger partial charge >= 0.3 is 0 Å². The van der Waals surface area contributed by atoms with E-state index in [0.717, 1.165) is 58.8 Å². The third-order valence-corrected chi connectivity index (χ3v) is 6.70. The summed E-state index contributed by atoms with van der Waals surface area (Å²) < 4.78 is 25.9. The molecular weight excluding hydrogens is 449 g/mol. The molecule has 2 aliphatic rings. The van der Waals surface area contributed by atoms with Gasteiger partial charge in [-0.15, -0.1) is 0 Å². The minimum atomic E-state index is -0.424. The number of hydrogen-bond donors (Lipinski definition) is 0. The molecule has 0 atom stereocenters. The third kappa shape index (κ3) is 6.27. The number of hydrogen-bond acceptors (Lipinski definition) is 7. The van der Waals surface area contributed by atoms with Gasteiger partial charge in [-0.05, 0) is 37.8 Å². The Labute approximate surface area is 207 Å². The fourth-order valence-corrected chi connectivity index (χ4v) is 4.72. The van der Waals surface area contributed by atoms with E-state index in [4.69, 9.17) is 9.47 Å². The van der Waals surface area contributed by atoms with E-state index < -0.39 is 5.82 Å². The Hall–Kier alpha value is -2.78. The second-order valence-corrected chi connectivity index (χ2v) is 9.51. The molecule has 0 bridgehead atoms. The van der Waals surface area contributed by atoms with Crippen LogP contribution in [0, 0.1) is 17.7 Å². The Morgan fingerprint density at radius 3 is 2.63 bits per heavy atom. The molecule has 0 unspecified atom stereocenters. The SMILES string of the molecule is CCN(C(=O)C(C)C)c1cc(F)ccc1Oc1cncnc1N1CCN(CC2CCOCC2)CC1. The zero-order valence-corrected chi connectivity index (χ0v) is 21.0. The minimum Gasteiger partial charge on any atom is -0.450 e. The first-order chi connectivity index (χ1) is 17.0. The van der Waals surface area contributed by atoms with Crippen molar-refractivity contribution in [3.05, 3.63) is 36.5 Å². The van der Waals surface area contributed by atoms with Crippen LogP contribution in [0.25, 0.3) is 0 Å². The molecule has 1 aromatic carbocycles. The molecule has 0 saturated carbocycles. The maximum atomic E-state index is 14.2. The van der Waals surface area contributed by atoms with Gasteiger partial charge in [0.1, 0.15) is 12.1 Å². The van der Waals surface area contributed by atoms with Crippen molar-refractivity contribution < 1.29 is 18.7 Å². The summed E-state index contributed by atoms with van der Waals surface area (Å²) in [5.74, 6) is 1.57. The van der Waals surface area contributed by atoms with E-state index in [-0.39, 0.29) is 11.8 Å². The number of carbonyl (C=O) groups is 1. The first-order valence-corrected chi connectivity index (χ1v) is 12.6. The van der Waals surface area contributed by atoms with E-state index in [0.29, 0.717) is 35.5 Å². The molecule has 2 saturated heterocycles. The molecule has 2 aromatic rings. The van der Waals surface area contributed by atoms with Gasteiger partial charge < -0.3 is 19.3 Å². The highest BCUT2D eigenvalue weighted by atomic mass is 19.1. The average Bonchev–Trinajstić information content (AvgIpc) is 2.87. The highest BCUT2D eigenvalue weighted by molar-refractivity contribution is 5.96. The van der Waals surface area contributed by atoms with Crippen LogP contribution < -0.4 is 14.5 Å². The van der Waals surface area contributed by atoms with Crippen molar-refractivity contribution in [3.63, 3.8) is 0 Å². The van der Waals surface area contributed by atoms with Crippen molar-refractivity contribution in [3.8, 4) is 11.5 Å². The Morgan fingerprint density at radius 1 is 1.20 bits per heavy atom. The van der Waals surface area contributed by atoms with Crippen LogP contribution in [0.2, 0.25) is 0 Å². The van der Waals surface area contributed by atoms with Crippen LogP contribution in [-0.2, 0) is 9.53 Å². The Morgan fingerprint density at radius 2 is 1.94 bits per heavy atom. The zero-order chi connectivity index (χ0) is 24.8. The molecule has 35 heavy (non-hydrogen) atoms. The number of aromatic nitrogens is 2. The van der Waals surface area contributed by atoms with E-state index in [1.807, 2.05) is 20.8 Å². The van der Waals surface area contributed by atoms with Gasteiger partial charge in [-0.1, -0.05) is 13.8 Å². The van der Waals surface area contributed by atoms with Gasteiger partial charge in [0.15, 0.2) is 17.3 Å².